The van der Waals surface area contributed by atoms with E-state index in [0.29, 0.717) is 0 Å². The summed E-state index contributed by atoms with van der Waals surface area (Å²) in [7, 11) is 0. The van der Waals surface area contributed by atoms with E-state index in [9.17, 15) is 4.79 Å². The van der Waals surface area contributed by atoms with Crippen molar-refractivity contribution in [2.75, 3.05) is 0 Å². The predicted molar refractivity (Wildman–Crippen MR) is 55.6 cm³/mol. The molecule has 70 valence electrons. The van der Waals surface area contributed by atoms with Gasteiger partial charge in [-0.2, -0.15) is 0 Å². The molecule has 0 fully saturated rings. The molecular formula is C11H13ClO. The average molecular weight is 197 g/mol. The molecule has 1 rings (SSSR count). The summed E-state index contributed by atoms with van der Waals surface area (Å²) in [6, 6.07) is 5.70. The second-order valence-electron chi connectivity index (χ2n) is 3.23. The minimum absolute atomic E-state index is 0.00265. The van der Waals surface area contributed by atoms with Crippen LogP contribution in [0.2, 0.25) is 0 Å². The van der Waals surface area contributed by atoms with Gasteiger partial charge in [-0.25, -0.2) is 0 Å². The second-order valence-corrected chi connectivity index (χ2v) is 3.88. The zero-order valence-electron chi connectivity index (χ0n) is 8.10. The molecule has 13 heavy (non-hydrogen) atoms. The lowest BCUT2D eigenvalue weighted by Gasteiger charge is -2.08. The van der Waals surface area contributed by atoms with Crippen LogP contribution in [-0.4, -0.2) is 11.2 Å². The van der Waals surface area contributed by atoms with Crippen LogP contribution in [0, 0.1) is 13.8 Å². The lowest BCUT2D eigenvalue weighted by atomic mass is 9.99. The first-order valence-electron chi connectivity index (χ1n) is 4.28. The van der Waals surface area contributed by atoms with Gasteiger partial charge in [0.25, 0.3) is 0 Å². The molecule has 0 aliphatic carbocycles. The van der Waals surface area contributed by atoms with Crippen LogP contribution in [0.3, 0.4) is 0 Å². The van der Waals surface area contributed by atoms with E-state index in [-0.39, 0.29) is 5.78 Å². The summed E-state index contributed by atoms with van der Waals surface area (Å²) in [6.07, 6.45) is 0. The number of alkyl halides is 1. The summed E-state index contributed by atoms with van der Waals surface area (Å²) < 4.78 is 0. The minimum Gasteiger partial charge on any atom is -0.293 e. The van der Waals surface area contributed by atoms with Gasteiger partial charge in [0.05, 0.1) is 5.38 Å². The van der Waals surface area contributed by atoms with Crippen molar-refractivity contribution in [1.29, 1.82) is 0 Å². The van der Waals surface area contributed by atoms with Crippen LogP contribution in [-0.2, 0) is 0 Å². The highest BCUT2D eigenvalue weighted by molar-refractivity contribution is 6.33. The van der Waals surface area contributed by atoms with E-state index in [2.05, 4.69) is 0 Å². The first kappa shape index (κ1) is 10.3. The Hall–Kier alpha value is -0.820. The Labute approximate surface area is 83.7 Å². The van der Waals surface area contributed by atoms with Gasteiger partial charge >= 0.3 is 0 Å². The van der Waals surface area contributed by atoms with Crippen LogP contribution in [0.4, 0.5) is 0 Å². The number of Topliss-reactive ketones (excluding diaryl/α,β-unsaturated/α-hetero) is 1. The van der Waals surface area contributed by atoms with Crippen molar-refractivity contribution in [3.8, 4) is 0 Å². The fourth-order valence-electron chi connectivity index (χ4n) is 1.23. The number of carbonyl (C=O) groups is 1. The molecule has 0 radical (unpaired) electrons. The SMILES string of the molecule is Cc1cccc(C(=O)C(C)Cl)c1C. The lowest BCUT2D eigenvalue weighted by molar-refractivity contribution is 0.0991. The Kier molecular flexibility index (Phi) is 3.10. The highest BCUT2D eigenvalue weighted by Crippen LogP contribution is 2.16. The van der Waals surface area contributed by atoms with Gasteiger partial charge in [-0.05, 0) is 31.9 Å². The summed E-state index contributed by atoms with van der Waals surface area (Å²) in [4.78, 5) is 11.6. The molecule has 0 heterocycles. The summed E-state index contributed by atoms with van der Waals surface area (Å²) in [5.41, 5.74) is 2.89. The molecule has 0 aliphatic heterocycles. The minimum atomic E-state index is -0.444. The number of hydrogen-bond donors (Lipinski definition) is 0. The number of halogens is 1. The molecule has 0 N–H and O–H groups in total. The maximum atomic E-state index is 11.6. The van der Waals surface area contributed by atoms with Gasteiger partial charge < -0.3 is 0 Å². The molecule has 1 nitrogen and oxygen atoms in total. The van der Waals surface area contributed by atoms with Crippen molar-refractivity contribution in [2.24, 2.45) is 0 Å². The molecule has 1 atom stereocenters. The smallest absolute Gasteiger partial charge is 0.180 e. The molecule has 0 saturated heterocycles. The Morgan fingerprint density at radius 1 is 1.38 bits per heavy atom. The highest BCUT2D eigenvalue weighted by atomic mass is 35.5. The van der Waals surface area contributed by atoms with E-state index in [0.717, 1.165) is 16.7 Å². The first-order chi connectivity index (χ1) is 6.04. The van der Waals surface area contributed by atoms with E-state index >= 15 is 0 Å². The van der Waals surface area contributed by atoms with E-state index in [1.54, 1.807) is 6.92 Å². The standard InChI is InChI=1S/C11H13ClO/c1-7-5-4-6-10(8(7)2)11(13)9(3)12/h4-6,9H,1-3H3. The maximum Gasteiger partial charge on any atom is 0.180 e. The van der Waals surface area contributed by atoms with Crippen LogP contribution in [0.25, 0.3) is 0 Å². The highest BCUT2D eigenvalue weighted by Gasteiger charge is 2.14. The van der Waals surface area contributed by atoms with E-state index in [1.165, 1.54) is 0 Å². The zero-order chi connectivity index (χ0) is 10.0. The number of carbonyl (C=O) groups excluding carboxylic acids is 1. The molecule has 0 spiro atoms. The van der Waals surface area contributed by atoms with Gasteiger partial charge in [-0.3, -0.25) is 4.79 Å². The number of ketones is 1. The largest absolute Gasteiger partial charge is 0.293 e. The number of rotatable bonds is 2. The van der Waals surface area contributed by atoms with Gasteiger partial charge in [0.2, 0.25) is 0 Å². The van der Waals surface area contributed by atoms with E-state index in [1.807, 2.05) is 32.0 Å². The molecule has 0 bridgehead atoms. The van der Waals surface area contributed by atoms with Crippen LogP contribution in [0.5, 0.6) is 0 Å². The van der Waals surface area contributed by atoms with Gasteiger partial charge in [0, 0.05) is 5.56 Å². The Bertz CT molecular complexity index is 329. The van der Waals surface area contributed by atoms with Crippen molar-refractivity contribution in [1.82, 2.24) is 0 Å². The number of aryl methyl sites for hydroxylation is 1. The molecule has 1 aromatic rings. The zero-order valence-corrected chi connectivity index (χ0v) is 8.85. The fourth-order valence-corrected chi connectivity index (χ4v) is 1.35. The van der Waals surface area contributed by atoms with Gasteiger partial charge in [0.15, 0.2) is 5.78 Å². The number of benzene rings is 1. The summed E-state index contributed by atoms with van der Waals surface area (Å²) in [5, 5.41) is -0.444. The topological polar surface area (TPSA) is 17.1 Å². The second kappa shape index (κ2) is 3.93. The monoisotopic (exact) mass is 196 g/mol. The van der Waals surface area contributed by atoms with Gasteiger partial charge in [-0.15, -0.1) is 11.6 Å². The quantitative estimate of drug-likeness (QED) is 0.525. The Morgan fingerprint density at radius 3 is 2.54 bits per heavy atom. The molecule has 2 heteroatoms. The molecular weight excluding hydrogens is 184 g/mol. The normalized spacial score (nSPS) is 12.6. The lowest BCUT2D eigenvalue weighted by Crippen LogP contribution is -2.12. The molecule has 0 amide bonds. The van der Waals surface area contributed by atoms with Crippen LogP contribution in [0.1, 0.15) is 28.4 Å². The summed E-state index contributed by atoms with van der Waals surface area (Å²) in [5.74, 6) is 0.00265. The molecule has 1 unspecified atom stereocenters. The Morgan fingerprint density at radius 2 is 2.00 bits per heavy atom. The van der Waals surface area contributed by atoms with Gasteiger partial charge in [-0.1, -0.05) is 18.2 Å². The van der Waals surface area contributed by atoms with Crippen LogP contribution >= 0.6 is 11.6 Å². The average Bonchev–Trinajstić information content (AvgIpc) is 2.08. The first-order valence-corrected chi connectivity index (χ1v) is 4.72. The van der Waals surface area contributed by atoms with Crippen molar-refractivity contribution in [2.45, 2.75) is 26.1 Å². The Balaban J connectivity index is 3.15. The maximum absolute atomic E-state index is 11.6. The summed E-state index contributed by atoms with van der Waals surface area (Å²) >= 11 is 5.74. The van der Waals surface area contributed by atoms with Crippen molar-refractivity contribution >= 4 is 17.4 Å². The van der Waals surface area contributed by atoms with E-state index in [4.69, 9.17) is 11.6 Å². The van der Waals surface area contributed by atoms with Crippen LogP contribution < -0.4 is 0 Å². The third kappa shape index (κ3) is 2.10. The molecule has 1 aromatic carbocycles. The van der Waals surface area contributed by atoms with Crippen molar-refractivity contribution in [3.05, 3.63) is 34.9 Å². The van der Waals surface area contributed by atoms with Crippen LogP contribution in [0.15, 0.2) is 18.2 Å². The molecule has 0 saturated carbocycles. The number of hydrogen-bond acceptors (Lipinski definition) is 1. The van der Waals surface area contributed by atoms with Crippen molar-refractivity contribution in [3.63, 3.8) is 0 Å². The fraction of sp³-hybridized carbons (Fsp3) is 0.364. The van der Waals surface area contributed by atoms with E-state index < -0.39 is 5.38 Å². The third-order valence-electron chi connectivity index (χ3n) is 2.23. The van der Waals surface area contributed by atoms with Gasteiger partial charge in [0.1, 0.15) is 0 Å². The molecule has 0 aromatic heterocycles. The summed E-state index contributed by atoms with van der Waals surface area (Å²) in [6.45, 7) is 5.64. The van der Waals surface area contributed by atoms with Crippen molar-refractivity contribution < 1.29 is 4.79 Å². The predicted octanol–water partition coefficient (Wildman–Crippen LogP) is 3.11. The molecule has 0 aliphatic rings. The third-order valence-corrected chi connectivity index (χ3v) is 2.43.